The predicted octanol–water partition coefficient (Wildman–Crippen LogP) is 2.21. The Hall–Kier alpha value is -2.64. The highest BCUT2D eigenvalue weighted by Gasteiger charge is 2.17. The maximum absolute atomic E-state index is 10.8. The molecule has 2 aromatic rings. The molecule has 0 aromatic carbocycles. The van der Waals surface area contributed by atoms with E-state index in [-0.39, 0.29) is 11.7 Å². The minimum absolute atomic E-state index is 0.00335. The topological polar surface area (TPSA) is 95.1 Å². The molecule has 0 fully saturated rings. The van der Waals surface area contributed by atoms with Crippen LogP contribution in [0.25, 0.3) is 0 Å². The molecule has 8 heteroatoms. The molecule has 0 bridgehead atoms. The largest absolute Gasteiger partial charge is 0.493 e. The first-order valence-electron chi connectivity index (χ1n) is 6.38. The predicted molar refractivity (Wildman–Crippen MR) is 77.4 cm³/mol. The molecular formula is C13H17N5O3. The van der Waals surface area contributed by atoms with Crippen molar-refractivity contribution in [2.75, 3.05) is 12.4 Å². The van der Waals surface area contributed by atoms with Gasteiger partial charge in [-0.1, -0.05) is 0 Å². The van der Waals surface area contributed by atoms with Gasteiger partial charge in [0, 0.05) is 13.1 Å². The summed E-state index contributed by atoms with van der Waals surface area (Å²) in [6.07, 6.45) is 1.78. The lowest BCUT2D eigenvalue weighted by atomic mass is 10.2. The normalized spacial score (nSPS) is 12.0. The number of hydrogen-bond acceptors (Lipinski definition) is 6. The number of anilines is 1. The SMILES string of the molecule is COc1cn(C)nc1C(C)Nc1ccc([N+](=O)[O-])c(C)n1. The fraction of sp³-hybridized carbons (Fsp3) is 0.385. The average molecular weight is 291 g/mol. The van der Waals surface area contributed by atoms with Crippen LogP contribution < -0.4 is 10.1 Å². The van der Waals surface area contributed by atoms with Gasteiger partial charge in [-0.15, -0.1) is 0 Å². The summed E-state index contributed by atoms with van der Waals surface area (Å²) in [4.78, 5) is 14.5. The van der Waals surface area contributed by atoms with Crippen LogP contribution in [0.5, 0.6) is 5.75 Å². The third-order valence-corrected chi connectivity index (χ3v) is 3.07. The van der Waals surface area contributed by atoms with Crippen molar-refractivity contribution in [2.45, 2.75) is 19.9 Å². The van der Waals surface area contributed by atoms with Crippen LogP contribution in [0.4, 0.5) is 11.5 Å². The molecule has 0 radical (unpaired) electrons. The summed E-state index contributed by atoms with van der Waals surface area (Å²) in [6.45, 7) is 3.53. The number of aromatic nitrogens is 3. The molecule has 112 valence electrons. The van der Waals surface area contributed by atoms with Gasteiger partial charge in [0.25, 0.3) is 5.69 Å². The maximum Gasteiger partial charge on any atom is 0.290 e. The van der Waals surface area contributed by atoms with Gasteiger partial charge in [-0.25, -0.2) is 4.98 Å². The van der Waals surface area contributed by atoms with Crippen LogP contribution in [-0.4, -0.2) is 26.8 Å². The molecule has 8 nitrogen and oxygen atoms in total. The Bertz CT molecular complexity index is 668. The number of pyridine rings is 1. The molecular weight excluding hydrogens is 274 g/mol. The van der Waals surface area contributed by atoms with E-state index in [9.17, 15) is 10.1 Å². The molecule has 0 aliphatic rings. The summed E-state index contributed by atoms with van der Waals surface area (Å²) in [6, 6.07) is 2.87. The van der Waals surface area contributed by atoms with E-state index in [1.165, 1.54) is 6.07 Å². The van der Waals surface area contributed by atoms with Gasteiger partial charge < -0.3 is 10.1 Å². The number of nitrogens with zero attached hydrogens (tertiary/aromatic N) is 4. The summed E-state index contributed by atoms with van der Waals surface area (Å²) in [5.74, 6) is 1.23. The molecule has 0 spiro atoms. The van der Waals surface area contributed by atoms with E-state index in [4.69, 9.17) is 4.74 Å². The van der Waals surface area contributed by atoms with Crippen LogP contribution in [0.15, 0.2) is 18.3 Å². The molecule has 0 amide bonds. The number of nitrogens with one attached hydrogen (secondary N) is 1. The highest BCUT2D eigenvalue weighted by molar-refractivity contribution is 5.46. The second kappa shape index (κ2) is 5.78. The zero-order valence-electron chi connectivity index (χ0n) is 12.3. The Balaban J connectivity index is 2.21. The van der Waals surface area contributed by atoms with Gasteiger partial charge in [0.05, 0.1) is 24.3 Å². The van der Waals surface area contributed by atoms with E-state index in [2.05, 4.69) is 15.4 Å². The van der Waals surface area contributed by atoms with E-state index < -0.39 is 4.92 Å². The number of nitro groups is 1. The van der Waals surface area contributed by atoms with Gasteiger partial charge in [-0.3, -0.25) is 14.8 Å². The smallest absolute Gasteiger partial charge is 0.290 e. The van der Waals surface area contributed by atoms with E-state index in [1.54, 1.807) is 31.0 Å². The number of ether oxygens (including phenoxy) is 1. The van der Waals surface area contributed by atoms with Crippen LogP contribution in [0.3, 0.4) is 0 Å². The number of rotatable bonds is 5. The Morgan fingerprint density at radius 3 is 2.76 bits per heavy atom. The van der Waals surface area contributed by atoms with E-state index >= 15 is 0 Å². The highest BCUT2D eigenvalue weighted by Crippen LogP contribution is 2.26. The van der Waals surface area contributed by atoms with Crippen LogP contribution in [0, 0.1) is 17.0 Å². The Morgan fingerprint density at radius 1 is 1.48 bits per heavy atom. The van der Waals surface area contributed by atoms with Crippen molar-refractivity contribution in [3.8, 4) is 5.75 Å². The van der Waals surface area contributed by atoms with Crippen molar-refractivity contribution in [1.29, 1.82) is 0 Å². The van der Waals surface area contributed by atoms with E-state index in [0.29, 0.717) is 17.3 Å². The quantitative estimate of drug-likeness (QED) is 0.670. The van der Waals surface area contributed by atoms with Gasteiger partial charge in [0.1, 0.15) is 17.2 Å². The molecule has 21 heavy (non-hydrogen) atoms. The van der Waals surface area contributed by atoms with Crippen LogP contribution in [0.2, 0.25) is 0 Å². The second-order valence-electron chi connectivity index (χ2n) is 4.68. The molecule has 1 unspecified atom stereocenters. The number of hydrogen-bond donors (Lipinski definition) is 1. The monoisotopic (exact) mass is 291 g/mol. The van der Waals surface area contributed by atoms with Crippen LogP contribution in [0.1, 0.15) is 24.4 Å². The van der Waals surface area contributed by atoms with Gasteiger partial charge in [0.15, 0.2) is 5.75 Å². The lowest BCUT2D eigenvalue weighted by Gasteiger charge is -2.14. The second-order valence-corrected chi connectivity index (χ2v) is 4.68. The fourth-order valence-corrected chi connectivity index (χ4v) is 2.06. The Labute approximate surface area is 121 Å². The zero-order valence-corrected chi connectivity index (χ0v) is 12.3. The van der Waals surface area contributed by atoms with Gasteiger partial charge >= 0.3 is 0 Å². The van der Waals surface area contributed by atoms with Crippen LogP contribution in [-0.2, 0) is 7.05 Å². The first-order valence-corrected chi connectivity index (χ1v) is 6.38. The van der Waals surface area contributed by atoms with Gasteiger partial charge in [-0.2, -0.15) is 5.10 Å². The van der Waals surface area contributed by atoms with Gasteiger partial charge in [-0.05, 0) is 19.9 Å². The van der Waals surface area contributed by atoms with E-state index in [1.807, 2.05) is 14.0 Å². The number of methoxy groups -OCH3 is 1. The lowest BCUT2D eigenvalue weighted by molar-refractivity contribution is -0.385. The summed E-state index contributed by atoms with van der Waals surface area (Å²) in [5.41, 5.74) is 1.12. The van der Waals surface area contributed by atoms with Crippen molar-refractivity contribution < 1.29 is 9.66 Å². The van der Waals surface area contributed by atoms with Crippen molar-refractivity contribution in [1.82, 2.24) is 14.8 Å². The Kier molecular flexibility index (Phi) is 4.06. The molecule has 2 heterocycles. The summed E-state index contributed by atoms with van der Waals surface area (Å²) in [7, 11) is 3.40. The first kappa shape index (κ1) is 14.8. The average Bonchev–Trinajstić information content (AvgIpc) is 2.79. The molecule has 1 N–H and O–H groups in total. The Morgan fingerprint density at radius 2 is 2.19 bits per heavy atom. The molecule has 1 atom stereocenters. The highest BCUT2D eigenvalue weighted by atomic mass is 16.6. The maximum atomic E-state index is 10.8. The van der Waals surface area contributed by atoms with Crippen LogP contribution >= 0.6 is 0 Å². The first-order chi connectivity index (χ1) is 9.92. The molecule has 0 aliphatic heterocycles. The minimum Gasteiger partial charge on any atom is -0.493 e. The summed E-state index contributed by atoms with van der Waals surface area (Å²) >= 11 is 0. The molecule has 0 aliphatic carbocycles. The fourth-order valence-electron chi connectivity index (χ4n) is 2.06. The van der Waals surface area contributed by atoms with Crippen molar-refractivity contribution in [2.24, 2.45) is 7.05 Å². The zero-order chi connectivity index (χ0) is 15.6. The standard InChI is InChI=1S/C13H17N5O3/c1-8-10(18(19)20)5-6-12(14-8)15-9(2)13-11(21-4)7-17(3)16-13/h5-7,9H,1-4H3,(H,14,15). The minimum atomic E-state index is -0.447. The van der Waals surface area contributed by atoms with Crippen molar-refractivity contribution in [3.63, 3.8) is 0 Å². The molecule has 0 saturated carbocycles. The third kappa shape index (κ3) is 3.10. The van der Waals surface area contributed by atoms with Crippen molar-refractivity contribution in [3.05, 3.63) is 39.8 Å². The lowest BCUT2D eigenvalue weighted by Crippen LogP contribution is -2.10. The summed E-state index contributed by atoms with van der Waals surface area (Å²) < 4.78 is 6.93. The third-order valence-electron chi connectivity index (χ3n) is 3.07. The molecule has 0 saturated heterocycles. The summed E-state index contributed by atoms with van der Waals surface area (Å²) in [5, 5.41) is 18.3. The van der Waals surface area contributed by atoms with E-state index in [0.717, 1.165) is 5.69 Å². The van der Waals surface area contributed by atoms with Gasteiger partial charge in [0.2, 0.25) is 0 Å². The van der Waals surface area contributed by atoms with Crippen molar-refractivity contribution >= 4 is 11.5 Å². The molecule has 2 rings (SSSR count). The molecule has 2 aromatic heterocycles. The number of aryl methyl sites for hydroxylation is 2.